The van der Waals surface area contributed by atoms with E-state index in [4.69, 9.17) is 0 Å². The lowest BCUT2D eigenvalue weighted by molar-refractivity contribution is -0.129. The van der Waals surface area contributed by atoms with E-state index in [0.29, 0.717) is 5.56 Å². The molecule has 1 saturated carbocycles. The number of halogens is 2. The number of piperazine rings is 1. The third-order valence-corrected chi connectivity index (χ3v) is 4.63. The lowest BCUT2D eigenvalue weighted by Crippen LogP contribution is -2.62. The molecule has 2 fully saturated rings. The molecule has 1 aromatic carbocycles. The molecule has 2 N–H and O–H groups in total. The van der Waals surface area contributed by atoms with E-state index in [9.17, 15) is 18.7 Å². The number of fused-ring (bicyclic) bond motifs is 1. The molecule has 1 aliphatic heterocycles. The molecular weight excluding hydrogens is 290 g/mol. The number of hydrogen-bond acceptors (Lipinski definition) is 3. The summed E-state index contributed by atoms with van der Waals surface area (Å²) in [4.78, 5) is 13.8. The Morgan fingerprint density at radius 2 is 2.05 bits per heavy atom. The molecule has 0 aromatic heterocycles. The van der Waals surface area contributed by atoms with Crippen molar-refractivity contribution >= 4 is 5.91 Å². The standard InChI is InChI=1S/C16H20F2N2O2/c17-11-6-5-10(7-12(11)18)15(21)8-20-9-16(22)19-13-3-1-2-4-14(13)20/h5-7,13-15,21H,1-4,8-9H2,(H,19,22). The van der Waals surface area contributed by atoms with Crippen molar-refractivity contribution in [1.82, 2.24) is 10.2 Å². The number of nitrogens with one attached hydrogen (secondary N) is 1. The van der Waals surface area contributed by atoms with Crippen molar-refractivity contribution < 1.29 is 18.7 Å². The molecule has 120 valence electrons. The summed E-state index contributed by atoms with van der Waals surface area (Å²) < 4.78 is 26.3. The highest BCUT2D eigenvalue weighted by Gasteiger charge is 2.37. The van der Waals surface area contributed by atoms with Gasteiger partial charge in [-0.3, -0.25) is 9.69 Å². The minimum atomic E-state index is -0.969. The third-order valence-electron chi connectivity index (χ3n) is 4.63. The van der Waals surface area contributed by atoms with Crippen LogP contribution in [0, 0.1) is 11.6 Å². The summed E-state index contributed by atoms with van der Waals surface area (Å²) in [6, 6.07) is 3.76. The first-order valence-electron chi connectivity index (χ1n) is 7.71. The topological polar surface area (TPSA) is 52.6 Å². The Morgan fingerprint density at radius 1 is 1.27 bits per heavy atom. The van der Waals surface area contributed by atoms with Crippen LogP contribution in [0.4, 0.5) is 8.78 Å². The second-order valence-corrected chi connectivity index (χ2v) is 6.14. The van der Waals surface area contributed by atoms with Crippen molar-refractivity contribution in [2.45, 2.75) is 43.9 Å². The molecule has 6 heteroatoms. The largest absolute Gasteiger partial charge is 0.387 e. The first-order valence-corrected chi connectivity index (χ1v) is 7.71. The highest BCUT2D eigenvalue weighted by molar-refractivity contribution is 5.79. The second kappa shape index (κ2) is 6.30. The zero-order valence-electron chi connectivity index (χ0n) is 12.3. The van der Waals surface area contributed by atoms with Gasteiger partial charge in [-0.25, -0.2) is 8.78 Å². The van der Waals surface area contributed by atoms with Gasteiger partial charge in [-0.2, -0.15) is 0 Å². The van der Waals surface area contributed by atoms with Gasteiger partial charge in [0.1, 0.15) is 0 Å². The van der Waals surface area contributed by atoms with Crippen LogP contribution in [0.3, 0.4) is 0 Å². The number of amides is 1. The van der Waals surface area contributed by atoms with Gasteiger partial charge in [0.05, 0.1) is 12.6 Å². The number of aliphatic hydroxyl groups is 1. The average molecular weight is 310 g/mol. The van der Waals surface area contributed by atoms with Crippen molar-refractivity contribution in [3.8, 4) is 0 Å². The number of benzene rings is 1. The van der Waals surface area contributed by atoms with Crippen LogP contribution in [0.5, 0.6) is 0 Å². The van der Waals surface area contributed by atoms with Gasteiger partial charge in [0.25, 0.3) is 0 Å². The van der Waals surface area contributed by atoms with Crippen molar-refractivity contribution in [3.63, 3.8) is 0 Å². The molecule has 1 amide bonds. The maximum Gasteiger partial charge on any atom is 0.234 e. The molecule has 4 nitrogen and oxygen atoms in total. The first kappa shape index (κ1) is 15.4. The molecule has 3 unspecified atom stereocenters. The fourth-order valence-electron chi connectivity index (χ4n) is 3.52. The Hall–Kier alpha value is -1.53. The summed E-state index contributed by atoms with van der Waals surface area (Å²) in [5.41, 5.74) is 0.331. The van der Waals surface area contributed by atoms with E-state index in [0.717, 1.165) is 37.8 Å². The zero-order chi connectivity index (χ0) is 15.7. The number of carbonyl (C=O) groups is 1. The van der Waals surface area contributed by atoms with E-state index in [-0.39, 0.29) is 31.1 Å². The molecule has 1 heterocycles. The van der Waals surface area contributed by atoms with Crippen molar-refractivity contribution in [2.75, 3.05) is 13.1 Å². The molecule has 1 aromatic rings. The number of aliphatic hydroxyl groups excluding tert-OH is 1. The van der Waals surface area contributed by atoms with Gasteiger partial charge in [0.2, 0.25) is 5.91 Å². The van der Waals surface area contributed by atoms with Crippen molar-refractivity contribution in [3.05, 3.63) is 35.4 Å². The summed E-state index contributed by atoms with van der Waals surface area (Å²) >= 11 is 0. The molecule has 1 saturated heterocycles. The van der Waals surface area contributed by atoms with Crippen LogP contribution in [0.1, 0.15) is 37.4 Å². The molecule has 0 bridgehead atoms. The fourth-order valence-corrected chi connectivity index (χ4v) is 3.52. The van der Waals surface area contributed by atoms with Gasteiger partial charge < -0.3 is 10.4 Å². The molecule has 2 aliphatic rings. The summed E-state index contributed by atoms with van der Waals surface area (Å²) in [6.07, 6.45) is 3.20. The van der Waals surface area contributed by atoms with E-state index in [1.807, 2.05) is 4.90 Å². The molecule has 0 radical (unpaired) electrons. The summed E-state index contributed by atoms with van der Waals surface area (Å²) in [6.45, 7) is 0.488. The SMILES string of the molecule is O=C1CN(CC(O)c2ccc(F)c(F)c2)C2CCCCC2N1. The normalized spacial score (nSPS) is 27.1. The Morgan fingerprint density at radius 3 is 2.82 bits per heavy atom. The number of nitrogens with zero attached hydrogens (tertiary/aromatic N) is 1. The summed E-state index contributed by atoms with van der Waals surface area (Å²) in [7, 11) is 0. The van der Waals surface area contributed by atoms with Gasteiger partial charge in [0, 0.05) is 18.6 Å². The van der Waals surface area contributed by atoms with Crippen LogP contribution < -0.4 is 5.32 Å². The van der Waals surface area contributed by atoms with E-state index in [2.05, 4.69) is 5.32 Å². The molecular formula is C16H20F2N2O2. The highest BCUT2D eigenvalue weighted by atomic mass is 19.2. The third kappa shape index (κ3) is 3.13. The Kier molecular flexibility index (Phi) is 4.40. The van der Waals surface area contributed by atoms with Gasteiger partial charge in [-0.1, -0.05) is 18.9 Å². The number of hydrogen-bond donors (Lipinski definition) is 2. The molecule has 1 aliphatic carbocycles. The maximum atomic E-state index is 13.3. The number of rotatable bonds is 3. The smallest absolute Gasteiger partial charge is 0.234 e. The second-order valence-electron chi connectivity index (χ2n) is 6.14. The van der Waals surface area contributed by atoms with E-state index >= 15 is 0 Å². The minimum absolute atomic E-state index is 0.0411. The van der Waals surface area contributed by atoms with E-state index in [1.165, 1.54) is 6.07 Å². The Balaban J connectivity index is 1.72. The Labute approximate surface area is 128 Å². The van der Waals surface area contributed by atoms with E-state index in [1.54, 1.807) is 0 Å². The molecule has 22 heavy (non-hydrogen) atoms. The van der Waals surface area contributed by atoms with Crippen molar-refractivity contribution in [1.29, 1.82) is 0 Å². The lowest BCUT2D eigenvalue weighted by atomic mass is 9.87. The maximum absolute atomic E-state index is 13.3. The lowest BCUT2D eigenvalue weighted by Gasteiger charge is -2.44. The van der Waals surface area contributed by atoms with Crippen LogP contribution >= 0.6 is 0 Å². The number of β-amino-alcohol motifs (C(OH)–C–C–N with tert-alkyl or cyclic N) is 1. The number of carbonyl (C=O) groups excluding carboxylic acids is 1. The Bertz CT molecular complexity index is 567. The van der Waals surface area contributed by atoms with Crippen LogP contribution in [0.25, 0.3) is 0 Å². The van der Waals surface area contributed by atoms with Crippen LogP contribution in [0.15, 0.2) is 18.2 Å². The highest BCUT2D eigenvalue weighted by Crippen LogP contribution is 2.27. The van der Waals surface area contributed by atoms with E-state index < -0.39 is 17.7 Å². The summed E-state index contributed by atoms with van der Waals surface area (Å²) in [5.74, 6) is -1.94. The molecule has 3 rings (SSSR count). The zero-order valence-corrected chi connectivity index (χ0v) is 12.3. The van der Waals surface area contributed by atoms with Crippen LogP contribution in [0.2, 0.25) is 0 Å². The molecule has 0 spiro atoms. The molecule has 3 atom stereocenters. The summed E-state index contributed by atoms with van der Waals surface area (Å²) in [5, 5.41) is 13.3. The quantitative estimate of drug-likeness (QED) is 0.894. The average Bonchev–Trinajstić information content (AvgIpc) is 2.49. The van der Waals surface area contributed by atoms with Gasteiger partial charge in [-0.15, -0.1) is 0 Å². The van der Waals surface area contributed by atoms with Crippen LogP contribution in [-0.2, 0) is 4.79 Å². The minimum Gasteiger partial charge on any atom is -0.387 e. The van der Waals surface area contributed by atoms with Crippen molar-refractivity contribution in [2.24, 2.45) is 0 Å². The van der Waals surface area contributed by atoms with Crippen LogP contribution in [-0.4, -0.2) is 41.1 Å². The monoisotopic (exact) mass is 310 g/mol. The van der Waals surface area contributed by atoms with Gasteiger partial charge in [0.15, 0.2) is 11.6 Å². The fraction of sp³-hybridized carbons (Fsp3) is 0.562. The van der Waals surface area contributed by atoms with Gasteiger partial charge >= 0.3 is 0 Å². The predicted molar refractivity (Wildman–Crippen MR) is 77.1 cm³/mol. The predicted octanol–water partition coefficient (Wildman–Crippen LogP) is 1.74. The first-order chi connectivity index (χ1) is 10.5. The van der Waals surface area contributed by atoms with Gasteiger partial charge in [-0.05, 0) is 30.5 Å².